The van der Waals surface area contributed by atoms with Gasteiger partial charge in [-0.1, -0.05) is 34.1 Å². The molecule has 1 heterocycles. The molecule has 0 aromatic carbocycles. The molecule has 2 atom stereocenters. The highest BCUT2D eigenvalue weighted by molar-refractivity contribution is 4.79. The van der Waals surface area contributed by atoms with Crippen molar-refractivity contribution in [2.45, 2.75) is 59.7 Å². The molecule has 0 saturated carbocycles. The Morgan fingerprint density at radius 3 is 1.77 bits per heavy atom. The van der Waals surface area contributed by atoms with Crippen LogP contribution in [0.15, 0.2) is 0 Å². The molecule has 13 heavy (non-hydrogen) atoms. The zero-order valence-electron chi connectivity index (χ0n) is 10.1. The van der Waals surface area contributed by atoms with Crippen LogP contribution >= 0.6 is 0 Å². The van der Waals surface area contributed by atoms with Crippen molar-refractivity contribution in [1.29, 1.82) is 0 Å². The lowest BCUT2D eigenvalue weighted by molar-refractivity contribution is 0.303. The molecule has 1 fully saturated rings. The normalized spacial score (nSPS) is 27.0. The first kappa shape index (κ1) is 15.4. The van der Waals surface area contributed by atoms with Crippen LogP contribution in [0.25, 0.3) is 0 Å². The summed E-state index contributed by atoms with van der Waals surface area (Å²) in [7, 11) is 1.96. The van der Waals surface area contributed by atoms with Gasteiger partial charge < -0.3 is 4.90 Å². The summed E-state index contributed by atoms with van der Waals surface area (Å²) in [5.41, 5.74) is 0. The summed E-state index contributed by atoms with van der Waals surface area (Å²) in [6.45, 7) is 10.9. The van der Waals surface area contributed by atoms with Gasteiger partial charge in [0, 0.05) is 12.6 Å². The number of hydrogen-bond donors (Lipinski definition) is 0. The van der Waals surface area contributed by atoms with Gasteiger partial charge in [-0.3, -0.25) is 0 Å². The first-order valence-electron chi connectivity index (χ1n) is 5.46. The lowest BCUT2D eigenvalue weighted by Gasteiger charge is -2.11. The van der Waals surface area contributed by atoms with Gasteiger partial charge in [0.2, 0.25) is 0 Å². The second kappa shape index (κ2) is 9.97. The Morgan fingerprint density at radius 1 is 1.31 bits per heavy atom. The Morgan fingerprint density at radius 2 is 1.69 bits per heavy atom. The van der Waals surface area contributed by atoms with Crippen molar-refractivity contribution in [2.75, 3.05) is 13.6 Å². The summed E-state index contributed by atoms with van der Waals surface area (Å²) in [5, 5.41) is 0. The number of halogens is 1. The van der Waals surface area contributed by atoms with Gasteiger partial charge in [0.15, 0.2) is 0 Å². The Bertz CT molecular complexity index is 86.1. The smallest absolute Gasteiger partial charge is 0.114 e. The summed E-state index contributed by atoms with van der Waals surface area (Å²) in [6, 6.07) is 0.449. The second-order valence-corrected chi connectivity index (χ2v) is 3.33. The van der Waals surface area contributed by atoms with E-state index in [2.05, 4.69) is 20.8 Å². The van der Waals surface area contributed by atoms with E-state index < -0.39 is 6.17 Å². The second-order valence-electron chi connectivity index (χ2n) is 3.33. The van der Waals surface area contributed by atoms with Gasteiger partial charge in [-0.2, -0.15) is 0 Å². The topological polar surface area (TPSA) is 3.24 Å². The third-order valence-corrected chi connectivity index (χ3v) is 1.84. The summed E-state index contributed by atoms with van der Waals surface area (Å²) in [5.74, 6) is 0. The maximum atomic E-state index is 12.4. The molecule has 2 heteroatoms. The maximum absolute atomic E-state index is 12.4. The van der Waals surface area contributed by atoms with E-state index in [-0.39, 0.29) is 0 Å². The molecule has 0 radical (unpaired) electrons. The van der Waals surface area contributed by atoms with Crippen molar-refractivity contribution in [3.05, 3.63) is 0 Å². The maximum Gasteiger partial charge on any atom is 0.114 e. The lowest BCUT2D eigenvalue weighted by Crippen LogP contribution is -2.21. The molecular weight excluding hydrogens is 165 g/mol. The molecule has 0 N–H and O–H groups in total. The molecule has 0 aromatic heterocycles. The fourth-order valence-electron chi connectivity index (χ4n) is 1.12. The number of nitrogens with zero attached hydrogens (tertiary/aromatic N) is 1. The summed E-state index contributed by atoms with van der Waals surface area (Å²) in [6.07, 6.45) is 1.39. The molecule has 1 rings (SSSR count). The van der Waals surface area contributed by atoms with Crippen LogP contribution in [0.1, 0.15) is 47.5 Å². The van der Waals surface area contributed by atoms with Crippen LogP contribution in [0, 0.1) is 0 Å². The standard InChI is InChI=1S/C6H12FN.C3H8.C2H6/c1-5-3-6(7)4-8(5)2;1-3-2;1-2/h5-6H,3-4H2,1-2H3;3H2,1-2H3;1-2H3. The Hall–Kier alpha value is -0.110. The van der Waals surface area contributed by atoms with Gasteiger partial charge in [0.05, 0.1) is 0 Å². The van der Waals surface area contributed by atoms with Crippen LogP contribution in [-0.2, 0) is 0 Å². The minimum atomic E-state index is -0.574. The Labute approximate surface area is 83.3 Å². The van der Waals surface area contributed by atoms with Crippen LogP contribution < -0.4 is 0 Å². The molecule has 1 aliphatic rings. The highest BCUT2D eigenvalue weighted by Crippen LogP contribution is 2.16. The van der Waals surface area contributed by atoms with Crippen LogP contribution in [0.4, 0.5) is 4.39 Å². The molecular formula is C11H26FN. The number of rotatable bonds is 0. The van der Waals surface area contributed by atoms with Crippen molar-refractivity contribution in [2.24, 2.45) is 0 Å². The highest BCUT2D eigenvalue weighted by atomic mass is 19.1. The van der Waals surface area contributed by atoms with E-state index in [1.807, 2.05) is 25.8 Å². The molecule has 2 unspecified atom stereocenters. The molecule has 1 aliphatic heterocycles. The van der Waals surface area contributed by atoms with Crippen LogP contribution in [0.2, 0.25) is 0 Å². The van der Waals surface area contributed by atoms with Crippen LogP contribution in [0.3, 0.4) is 0 Å². The average Bonchev–Trinajstić information content (AvgIpc) is 2.35. The summed E-state index contributed by atoms with van der Waals surface area (Å²) >= 11 is 0. The van der Waals surface area contributed by atoms with Crippen molar-refractivity contribution >= 4 is 0 Å². The van der Waals surface area contributed by atoms with Crippen molar-refractivity contribution in [1.82, 2.24) is 4.90 Å². The fraction of sp³-hybridized carbons (Fsp3) is 1.00. The third kappa shape index (κ3) is 8.23. The van der Waals surface area contributed by atoms with Crippen LogP contribution in [-0.4, -0.2) is 30.7 Å². The van der Waals surface area contributed by atoms with E-state index >= 15 is 0 Å². The Kier molecular flexibility index (Phi) is 11.8. The fourth-order valence-corrected chi connectivity index (χ4v) is 1.12. The molecule has 0 aliphatic carbocycles. The van der Waals surface area contributed by atoms with Gasteiger partial charge in [0.1, 0.15) is 6.17 Å². The van der Waals surface area contributed by atoms with E-state index in [0.717, 1.165) is 6.42 Å². The van der Waals surface area contributed by atoms with Gasteiger partial charge in [0.25, 0.3) is 0 Å². The van der Waals surface area contributed by atoms with E-state index in [4.69, 9.17) is 0 Å². The zero-order chi connectivity index (χ0) is 10.9. The van der Waals surface area contributed by atoms with Gasteiger partial charge >= 0.3 is 0 Å². The van der Waals surface area contributed by atoms with Crippen LogP contribution in [0.5, 0.6) is 0 Å². The van der Waals surface area contributed by atoms with Crippen molar-refractivity contribution < 1.29 is 4.39 Å². The van der Waals surface area contributed by atoms with Gasteiger partial charge in [-0.05, 0) is 20.4 Å². The monoisotopic (exact) mass is 191 g/mol. The molecule has 82 valence electrons. The van der Waals surface area contributed by atoms with E-state index in [1.165, 1.54) is 6.42 Å². The minimum absolute atomic E-state index is 0.449. The summed E-state index contributed by atoms with van der Waals surface area (Å²) < 4.78 is 12.4. The van der Waals surface area contributed by atoms with Crippen molar-refractivity contribution in [3.63, 3.8) is 0 Å². The first-order valence-corrected chi connectivity index (χ1v) is 5.46. The Balaban J connectivity index is 0. The van der Waals surface area contributed by atoms with Gasteiger partial charge in [-0.25, -0.2) is 4.39 Å². The molecule has 0 amide bonds. The number of likely N-dealkylation sites (tertiary alicyclic amines) is 1. The number of hydrogen-bond acceptors (Lipinski definition) is 1. The van der Waals surface area contributed by atoms with E-state index in [9.17, 15) is 4.39 Å². The third-order valence-electron chi connectivity index (χ3n) is 1.84. The average molecular weight is 191 g/mol. The summed E-state index contributed by atoms with van der Waals surface area (Å²) in [4.78, 5) is 2.05. The van der Waals surface area contributed by atoms with Crippen molar-refractivity contribution in [3.8, 4) is 0 Å². The molecule has 0 aromatic rings. The SMILES string of the molecule is CC.CC1CC(F)CN1C.CCC. The molecule has 0 spiro atoms. The zero-order valence-corrected chi connectivity index (χ0v) is 10.1. The predicted molar refractivity (Wildman–Crippen MR) is 58.9 cm³/mol. The highest BCUT2D eigenvalue weighted by Gasteiger charge is 2.24. The molecule has 1 saturated heterocycles. The molecule has 0 bridgehead atoms. The number of alkyl halides is 1. The van der Waals surface area contributed by atoms with E-state index in [1.54, 1.807) is 0 Å². The first-order chi connectivity index (χ1) is 6.11. The quantitative estimate of drug-likeness (QED) is 0.566. The lowest BCUT2D eigenvalue weighted by atomic mass is 10.2. The predicted octanol–water partition coefficient (Wildman–Crippen LogP) is 3.49. The minimum Gasteiger partial charge on any atom is -0.301 e. The van der Waals surface area contributed by atoms with E-state index in [0.29, 0.717) is 12.6 Å². The molecule has 1 nitrogen and oxygen atoms in total. The largest absolute Gasteiger partial charge is 0.301 e. The van der Waals surface area contributed by atoms with Gasteiger partial charge in [-0.15, -0.1) is 0 Å².